The normalized spacial score (nSPS) is 17.1. The molecule has 0 amide bonds. The molecule has 2 heterocycles. The summed E-state index contributed by atoms with van der Waals surface area (Å²) in [6.07, 6.45) is 0. The zero-order valence-electron chi connectivity index (χ0n) is 18.0. The summed E-state index contributed by atoms with van der Waals surface area (Å²) in [5.74, 6) is 0.554. The number of hydrogen-bond donors (Lipinski definition) is 1. The van der Waals surface area contributed by atoms with Crippen LogP contribution in [0.1, 0.15) is 27.0 Å². The van der Waals surface area contributed by atoms with Gasteiger partial charge in [-0.25, -0.2) is 9.59 Å². The zero-order chi connectivity index (χ0) is 24.0. The van der Waals surface area contributed by atoms with Crippen molar-refractivity contribution < 1.29 is 28.9 Å². The summed E-state index contributed by atoms with van der Waals surface area (Å²) < 4.78 is 17.7. The Kier molecular flexibility index (Phi) is 5.20. The van der Waals surface area contributed by atoms with E-state index in [9.17, 15) is 14.7 Å². The van der Waals surface area contributed by atoms with Crippen molar-refractivity contribution in [3.63, 3.8) is 0 Å². The maximum atomic E-state index is 12.8. The number of fused-ring (bicyclic) bond motifs is 6. The Hall–Kier alpha value is -3.88. The molecule has 1 N–H and O–H groups in total. The summed E-state index contributed by atoms with van der Waals surface area (Å²) in [5, 5.41) is 9.59. The molecule has 0 saturated heterocycles. The van der Waals surface area contributed by atoms with Crippen molar-refractivity contribution in [2.24, 2.45) is 0 Å². The van der Waals surface area contributed by atoms with Gasteiger partial charge in [0.2, 0.25) is 0 Å². The Labute approximate surface area is 208 Å². The lowest BCUT2D eigenvalue weighted by Crippen LogP contribution is -2.32. The summed E-state index contributed by atoms with van der Waals surface area (Å²) in [4.78, 5) is 26.2. The Morgan fingerprint density at radius 1 is 0.829 bits per heavy atom. The van der Waals surface area contributed by atoms with E-state index in [1.165, 1.54) is 22.9 Å². The van der Waals surface area contributed by atoms with Gasteiger partial charge in [0, 0.05) is 44.5 Å². The minimum absolute atomic E-state index is 0.0110. The molecular weight excluding hydrogens is 484 g/mol. The van der Waals surface area contributed by atoms with Crippen molar-refractivity contribution in [1.29, 1.82) is 0 Å². The first-order valence-electron chi connectivity index (χ1n) is 10.6. The highest BCUT2D eigenvalue weighted by Crippen LogP contribution is 2.57. The van der Waals surface area contributed by atoms with Gasteiger partial charge in [0.05, 0.1) is 5.56 Å². The predicted octanol–water partition coefficient (Wildman–Crippen LogP) is 6.90. The van der Waals surface area contributed by atoms with E-state index in [0.29, 0.717) is 33.8 Å². The van der Waals surface area contributed by atoms with Gasteiger partial charge in [-0.2, -0.15) is 0 Å². The molecule has 172 valence electrons. The second-order valence-corrected chi connectivity index (χ2v) is 10.0. The van der Waals surface area contributed by atoms with Gasteiger partial charge in [0.15, 0.2) is 5.60 Å². The molecule has 6 rings (SSSR count). The van der Waals surface area contributed by atoms with Crippen LogP contribution in [0.4, 0.5) is 4.79 Å². The largest absolute Gasteiger partial charge is 0.508 e. The van der Waals surface area contributed by atoms with Crippen LogP contribution in [-0.2, 0) is 10.3 Å². The van der Waals surface area contributed by atoms with E-state index in [1.54, 1.807) is 36.4 Å². The molecule has 6 nitrogen and oxygen atoms in total. The van der Waals surface area contributed by atoms with E-state index >= 15 is 0 Å². The fourth-order valence-corrected chi connectivity index (χ4v) is 5.87. The quantitative estimate of drug-likeness (QED) is 0.240. The van der Waals surface area contributed by atoms with E-state index in [-0.39, 0.29) is 11.5 Å². The minimum Gasteiger partial charge on any atom is -0.508 e. The monoisotopic (exact) mass is 500 g/mol. The number of phenolic OH excluding ortho intramolecular Hbond substituents is 1. The van der Waals surface area contributed by atoms with Gasteiger partial charge < -0.3 is 19.3 Å². The Morgan fingerprint density at radius 3 is 2.37 bits per heavy atom. The molecule has 0 radical (unpaired) electrons. The van der Waals surface area contributed by atoms with Crippen LogP contribution in [0.3, 0.4) is 0 Å². The average molecular weight is 501 g/mol. The molecule has 0 aromatic heterocycles. The third kappa shape index (κ3) is 3.62. The molecule has 2 aliphatic heterocycles. The fourth-order valence-electron chi connectivity index (χ4n) is 4.38. The number of rotatable bonds is 3. The first-order chi connectivity index (χ1) is 17.0. The Bertz CT molecular complexity index is 1490. The third-order valence-corrected chi connectivity index (χ3v) is 7.82. The van der Waals surface area contributed by atoms with Crippen LogP contribution in [0.2, 0.25) is 0 Å². The summed E-state index contributed by atoms with van der Waals surface area (Å²) >= 11 is 0. The molecule has 35 heavy (non-hydrogen) atoms. The third-order valence-electron chi connectivity index (χ3n) is 5.82. The molecule has 0 aliphatic carbocycles. The van der Waals surface area contributed by atoms with Crippen LogP contribution in [0.5, 0.6) is 23.0 Å². The van der Waals surface area contributed by atoms with Crippen molar-refractivity contribution in [3.8, 4) is 23.0 Å². The topological polar surface area (TPSA) is 82.1 Å². The second-order valence-electron chi connectivity index (χ2n) is 7.89. The molecule has 0 fully saturated rings. The van der Waals surface area contributed by atoms with Gasteiger partial charge in [-0.3, -0.25) is 0 Å². The maximum Gasteiger partial charge on any atom is 0.383 e. The lowest BCUT2D eigenvalue weighted by atomic mass is 9.77. The van der Waals surface area contributed by atoms with Gasteiger partial charge in [-0.1, -0.05) is 36.4 Å². The molecule has 4 aromatic carbocycles. The fraction of sp³-hybridized carbons (Fsp3) is 0.0370. The van der Waals surface area contributed by atoms with Crippen LogP contribution < -0.4 is 9.47 Å². The van der Waals surface area contributed by atoms with Gasteiger partial charge in [0.25, 0.3) is 0 Å². The summed E-state index contributed by atoms with van der Waals surface area (Å²) in [7, 11) is 2.28. The molecule has 2 aliphatic rings. The number of benzene rings is 4. The van der Waals surface area contributed by atoms with Crippen LogP contribution >= 0.6 is 21.6 Å². The van der Waals surface area contributed by atoms with E-state index in [2.05, 4.69) is 0 Å². The molecule has 1 atom stereocenters. The smallest absolute Gasteiger partial charge is 0.383 e. The molecule has 4 aromatic rings. The Balaban J connectivity index is 1.37. The molecule has 1 unspecified atom stereocenters. The number of esters is 1. The number of ether oxygens (including phenoxy) is 3. The number of carbonyl (C=O) groups is 2. The van der Waals surface area contributed by atoms with Gasteiger partial charge in [-0.05, 0) is 53.3 Å². The molecular formula is C27H16O6S2. The number of carbonyl (C=O) groups excluding carboxylic acids is 2. The highest BCUT2D eigenvalue weighted by Gasteiger charge is 2.53. The van der Waals surface area contributed by atoms with E-state index in [0.717, 1.165) is 15.7 Å². The standard InChI is InChI=1S/C27H16O6S2/c28-16-10-12-21-23(14-16)32-24-15-17(31-26(30)35-34-18-6-2-1-3-7-18)11-13-22(24)27(21)20-9-5-4-8-19(20)25(29)33-27/h1-15,28H. The van der Waals surface area contributed by atoms with Gasteiger partial charge in [-0.15, -0.1) is 0 Å². The van der Waals surface area contributed by atoms with Crippen LogP contribution in [-0.4, -0.2) is 16.4 Å². The van der Waals surface area contributed by atoms with E-state index in [4.69, 9.17) is 14.2 Å². The van der Waals surface area contributed by atoms with Gasteiger partial charge >= 0.3 is 11.3 Å². The SMILES string of the molecule is O=C(Oc1ccc2c(c1)Oc1cc(O)ccc1C21OC(=O)c2ccccc21)SSc1ccccc1. The molecule has 1 spiro atoms. The lowest BCUT2D eigenvalue weighted by Gasteiger charge is -2.36. The highest BCUT2D eigenvalue weighted by atomic mass is 33.1. The summed E-state index contributed by atoms with van der Waals surface area (Å²) in [5.41, 5.74) is 1.09. The first kappa shape index (κ1) is 21.6. The minimum atomic E-state index is -1.25. The van der Waals surface area contributed by atoms with E-state index in [1.807, 2.05) is 42.5 Å². The molecule has 0 bridgehead atoms. The maximum absolute atomic E-state index is 12.8. The number of aromatic hydroxyl groups is 1. The highest BCUT2D eigenvalue weighted by molar-refractivity contribution is 8.82. The summed E-state index contributed by atoms with van der Waals surface area (Å²) in [6.45, 7) is 0. The number of phenols is 1. The van der Waals surface area contributed by atoms with Crippen LogP contribution in [0.15, 0.2) is 95.9 Å². The van der Waals surface area contributed by atoms with Crippen molar-refractivity contribution >= 4 is 32.9 Å². The van der Waals surface area contributed by atoms with Crippen molar-refractivity contribution in [2.45, 2.75) is 10.5 Å². The van der Waals surface area contributed by atoms with Crippen molar-refractivity contribution in [1.82, 2.24) is 0 Å². The van der Waals surface area contributed by atoms with E-state index < -0.39 is 16.9 Å². The lowest BCUT2D eigenvalue weighted by molar-refractivity contribution is 0.0224. The predicted molar refractivity (Wildman–Crippen MR) is 132 cm³/mol. The van der Waals surface area contributed by atoms with Gasteiger partial charge in [0.1, 0.15) is 23.0 Å². The zero-order valence-corrected chi connectivity index (χ0v) is 19.6. The second kappa shape index (κ2) is 8.41. The summed E-state index contributed by atoms with van der Waals surface area (Å²) in [6, 6.07) is 26.4. The first-order valence-corrected chi connectivity index (χ1v) is 12.8. The molecule has 0 saturated carbocycles. The number of hydrogen-bond acceptors (Lipinski definition) is 8. The van der Waals surface area contributed by atoms with Crippen LogP contribution in [0.25, 0.3) is 0 Å². The average Bonchev–Trinajstić information content (AvgIpc) is 3.16. The molecule has 8 heteroatoms. The van der Waals surface area contributed by atoms with Crippen molar-refractivity contribution in [3.05, 3.63) is 113 Å². The Morgan fingerprint density at radius 2 is 1.54 bits per heavy atom. The van der Waals surface area contributed by atoms with Crippen LogP contribution in [0, 0.1) is 0 Å². The van der Waals surface area contributed by atoms with Crippen molar-refractivity contribution in [2.75, 3.05) is 0 Å².